The number of rotatable bonds is 4. The fourth-order valence-electron chi connectivity index (χ4n) is 1.51. The van der Waals surface area contributed by atoms with E-state index in [-0.39, 0.29) is 11.6 Å². The summed E-state index contributed by atoms with van der Waals surface area (Å²) in [6, 6.07) is 10.9. The summed E-state index contributed by atoms with van der Waals surface area (Å²) in [5, 5.41) is 11.1. The Morgan fingerprint density at radius 1 is 1.16 bits per heavy atom. The lowest BCUT2D eigenvalue weighted by molar-refractivity contribution is -0.384. The van der Waals surface area contributed by atoms with Gasteiger partial charge in [0.15, 0.2) is 0 Å². The number of ether oxygens (including phenoxy) is 1. The lowest BCUT2D eigenvalue weighted by Gasteiger charge is -2.09. The van der Waals surface area contributed by atoms with Crippen LogP contribution in [0.3, 0.4) is 0 Å². The van der Waals surface area contributed by atoms with Crippen LogP contribution in [-0.2, 0) is 5.88 Å². The van der Waals surface area contributed by atoms with E-state index in [0.717, 1.165) is 5.56 Å². The van der Waals surface area contributed by atoms with Gasteiger partial charge in [0.2, 0.25) is 0 Å². The first-order valence-electron chi connectivity index (χ1n) is 5.37. The van der Waals surface area contributed by atoms with Crippen LogP contribution in [0.1, 0.15) is 5.56 Å². The lowest BCUT2D eigenvalue weighted by atomic mass is 10.2. The number of benzene rings is 2. The second kappa shape index (κ2) is 5.91. The molecule has 19 heavy (non-hydrogen) atoms. The van der Waals surface area contributed by atoms with Crippen molar-refractivity contribution in [3.63, 3.8) is 0 Å². The maximum Gasteiger partial charge on any atom is 0.269 e. The summed E-state index contributed by atoms with van der Waals surface area (Å²) in [6.45, 7) is 0. The van der Waals surface area contributed by atoms with Crippen LogP contribution in [0.4, 0.5) is 5.69 Å². The van der Waals surface area contributed by atoms with Crippen molar-refractivity contribution in [1.29, 1.82) is 0 Å². The number of nitro benzene ring substituents is 1. The van der Waals surface area contributed by atoms with E-state index in [1.807, 2.05) is 0 Å². The number of nitrogens with zero attached hydrogens (tertiary/aromatic N) is 1. The minimum Gasteiger partial charge on any atom is -0.457 e. The van der Waals surface area contributed by atoms with Gasteiger partial charge in [0.25, 0.3) is 5.69 Å². The van der Waals surface area contributed by atoms with Gasteiger partial charge in [0.1, 0.15) is 11.5 Å². The second-order valence-electron chi connectivity index (χ2n) is 3.74. The number of hydrogen-bond donors (Lipinski definition) is 0. The third-order valence-corrected chi connectivity index (χ3v) is 2.96. The van der Waals surface area contributed by atoms with Crippen LogP contribution in [0.25, 0.3) is 0 Å². The van der Waals surface area contributed by atoms with Crippen molar-refractivity contribution in [1.82, 2.24) is 0 Å². The van der Waals surface area contributed by atoms with Gasteiger partial charge in [-0.2, -0.15) is 0 Å². The topological polar surface area (TPSA) is 52.4 Å². The number of non-ortho nitro benzene ring substituents is 1. The average molecular weight is 298 g/mol. The van der Waals surface area contributed by atoms with Gasteiger partial charge in [-0.15, -0.1) is 11.6 Å². The first kappa shape index (κ1) is 13.6. The number of halogens is 2. The van der Waals surface area contributed by atoms with E-state index in [2.05, 4.69) is 0 Å². The van der Waals surface area contributed by atoms with E-state index in [9.17, 15) is 10.1 Å². The van der Waals surface area contributed by atoms with Crippen molar-refractivity contribution in [3.8, 4) is 11.5 Å². The van der Waals surface area contributed by atoms with Gasteiger partial charge < -0.3 is 4.74 Å². The zero-order valence-corrected chi connectivity index (χ0v) is 11.2. The predicted octanol–water partition coefficient (Wildman–Crippen LogP) is 4.78. The molecule has 0 aromatic heterocycles. The van der Waals surface area contributed by atoms with Crippen LogP contribution in [0.15, 0.2) is 42.5 Å². The molecule has 2 rings (SSSR count). The third-order valence-electron chi connectivity index (χ3n) is 2.44. The fourth-order valence-corrected chi connectivity index (χ4v) is 1.92. The molecular weight excluding hydrogens is 289 g/mol. The van der Waals surface area contributed by atoms with Crippen LogP contribution in [0, 0.1) is 10.1 Å². The largest absolute Gasteiger partial charge is 0.457 e. The molecule has 0 aliphatic carbocycles. The van der Waals surface area contributed by atoms with Crippen LogP contribution in [-0.4, -0.2) is 4.92 Å². The number of nitro groups is 1. The maximum absolute atomic E-state index is 10.5. The van der Waals surface area contributed by atoms with Crippen molar-refractivity contribution in [2.24, 2.45) is 0 Å². The summed E-state index contributed by atoms with van der Waals surface area (Å²) in [6.07, 6.45) is 0. The summed E-state index contributed by atoms with van der Waals surface area (Å²) in [5.74, 6) is 1.34. The Balaban J connectivity index is 2.23. The normalized spacial score (nSPS) is 10.2. The summed E-state index contributed by atoms with van der Waals surface area (Å²) in [5.41, 5.74) is 0.772. The molecule has 0 aliphatic rings. The van der Waals surface area contributed by atoms with Gasteiger partial charge in [0.05, 0.1) is 10.8 Å². The minimum absolute atomic E-state index is 0.0148. The van der Waals surface area contributed by atoms with Gasteiger partial charge in [-0.1, -0.05) is 11.6 Å². The van der Waals surface area contributed by atoms with E-state index in [1.54, 1.807) is 18.2 Å². The molecule has 0 amide bonds. The molecule has 0 unspecified atom stereocenters. The van der Waals surface area contributed by atoms with E-state index in [1.165, 1.54) is 24.3 Å². The molecule has 98 valence electrons. The Hall–Kier alpha value is -1.78. The van der Waals surface area contributed by atoms with Crippen LogP contribution >= 0.6 is 23.2 Å². The number of alkyl halides is 1. The molecule has 2 aromatic rings. The van der Waals surface area contributed by atoms with Gasteiger partial charge in [-0.25, -0.2) is 0 Å². The molecule has 0 aliphatic heterocycles. The average Bonchev–Trinajstić information content (AvgIpc) is 2.41. The second-order valence-corrected chi connectivity index (χ2v) is 4.44. The van der Waals surface area contributed by atoms with Crippen molar-refractivity contribution >= 4 is 28.9 Å². The zero-order valence-electron chi connectivity index (χ0n) is 9.68. The van der Waals surface area contributed by atoms with Gasteiger partial charge in [-0.3, -0.25) is 10.1 Å². The first-order chi connectivity index (χ1) is 9.10. The van der Waals surface area contributed by atoms with Crippen molar-refractivity contribution in [2.75, 3.05) is 0 Å². The van der Waals surface area contributed by atoms with Crippen molar-refractivity contribution in [3.05, 3.63) is 63.2 Å². The summed E-state index contributed by atoms with van der Waals surface area (Å²) >= 11 is 11.7. The van der Waals surface area contributed by atoms with E-state index >= 15 is 0 Å². The summed E-state index contributed by atoms with van der Waals surface area (Å²) in [4.78, 5) is 10.1. The number of hydrogen-bond acceptors (Lipinski definition) is 3. The Morgan fingerprint density at radius 2 is 1.84 bits per heavy atom. The first-order valence-corrected chi connectivity index (χ1v) is 6.28. The van der Waals surface area contributed by atoms with E-state index in [4.69, 9.17) is 27.9 Å². The smallest absolute Gasteiger partial charge is 0.269 e. The molecule has 0 bridgehead atoms. The third kappa shape index (κ3) is 3.36. The molecule has 0 atom stereocenters. The molecule has 0 spiro atoms. The van der Waals surface area contributed by atoms with E-state index < -0.39 is 4.92 Å². The van der Waals surface area contributed by atoms with Crippen LogP contribution in [0.5, 0.6) is 11.5 Å². The highest BCUT2D eigenvalue weighted by Gasteiger charge is 2.08. The zero-order chi connectivity index (χ0) is 13.8. The highest BCUT2D eigenvalue weighted by Crippen LogP contribution is 2.29. The Bertz CT molecular complexity index is 599. The molecule has 0 saturated carbocycles. The van der Waals surface area contributed by atoms with Crippen LogP contribution in [0.2, 0.25) is 5.02 Å². The lowest BCUT2D eigenvalue weighted by Crippen LogP contribution is -1.91. The van der Waals surface area contributed by atoms with Crippen molar-refractivity contribution < 1.29 is 9.66 Å². The quantitative estimate of drug-likeness (QED) is 0.463. The monoisotopic (exact) mass is 297 g/mol. The van der Waals surface area contributed by atoms with E-state index in [0.29, 0.717) is 16.5 Å². The van der Waals surface area contributed by atoms with Crippen LogP contribution < -0.4 is 4.74 Å². The highest BCUT2D eigenvalue weighted by molar-refractivity contribution is 6.30. The molecule has 0 fully saturated rings. The SMILES string of the molecule is O=[N+]([O-])c1ccc(Oc2ccc(Cl)cc2CCl)cc1. The Kier molecular flexibility index (Phi) is 4.24. The standard InChI is InChI=1S/C13H9Cl2NO3/c14-8-9-7-10(15)1-6-13(9)19-12-4-2-11(3-5-12)16(17)18/h1-7H,8H2. The van der Waals surface area contributed by atoms with Crippen molar-refractivity contribution in [2.45, 2.75) is 5.88 Å². The van der Waals surface area contributed by atoms with Gasteiger partial charge in [-0.05, 0) is 30.3 Å². The summed E-state index contributed by atoms with van der Waals surface area (Å²) < 4.78 is 5.62. The molecule has 0 radical (unpaired) electrons. The fraction of sp³-hybridized carbons (Fsp3) is 0.0769. The molecule has 0 N–H and O–H groups in total. The molecule has 4 nitrogen and oxygen atoms in total. The van der Waals surface area contributed by atoms with Gasteiger partial charge in [0, 0.05) is 22.7 Å². The summed E-state index contributed by atoms with van der Waals surface area (Å²) in [7, 11) is 0. The minimum atomic E-state index is -0.462. The Morgan fingerprint density at radius 3 is 2.42 bits per heavy atom. The predicted molar refractivity (Wildman–Crippen MR) is 74.2 cm³/mol. The molecular formula is C13H9Cl2NO3. The molecule has 6 heteroatoms. The Labute approximate surface area is 119 Å². The molecule has 2 aromatic carbocycles. The highest BCUT2D eigenvalue weighted by atomic mass is 35.5. The van der Waals surface area contributed by atoms with Gasteiger partial charge >= 0.3 is 0 Å². The maximum atomic E-state index is 10.5. The molecule has 0 heterocycles. The molecule has 0 saturated heterocycles.